The number of amides is 1. The van der Waals surface area contributed by atoms with Crippen molar-refractivity contribution in [1.29, 1.82) is 0 Å². The number of nitrogens with zero attached hydrogens (tertiary/aromatic N) is 1. The van der Waals surface area contributed by atoms with Gasteiger partial charge in [0.25, 0.3) is 5.91 Å². The van der Waals surface area contributed by atoms with Crippen LogP contribution in [-0.2, 0) is 18.0 Å². The van der Waals surface area contributed by atoms with Gasteiger partial charge in [0.2, 0.25) is 0 Å². The number of ether oxygens (including phenoxy) is 2. The van der Waals surface area contributed by atoms with Crippen LogP contribution in [0.4, 0.5) is 0 Å². The van der Waals surface area contributed by atoms with Crippen molar-refractivity contribution < 1.29 is 24.5 Å². The number of morpholine rings is 1. The van der Waals surface area contributed by atoms with Crippen molar-refractivity contribution in [2.75, 3.05) is 20.2 Å². The fourth-order valence-electron chi connectivity index (χ4n) is 2.86. The Morgan fingerprint density at radius 1 is 1.41 bits per heavy atom. The van der Waals surface area contributed by atoms with Gasteiger partial charge in [0, 0.05) is 30.2 Å². The van der Waals surface area contributed by atoms with Crippen LogP contribution >= 0.6 is 0 Å². The molecule has 0 saturated carbocycles. The summed E-state index contributed by atoms with van der Waals surface area (Å²) in [4.78, 5) is 14.4. The van der Waals surface area contributed by atoms with Crippen molar-refractivity contribution in [3.05, 3.63) is 28.8 Å². The van der Waals surface area contributed by atoms with Gasteiger partial charge >= 0.3 is 0 Å². The van der Waals surface area contributed by atoms with E-state index in [0.717, 1.165) is 0 Å². The van der Waals surface area contributed by atoms with Crippen molar-refractivity contribution in [2.45, 2.75) is 32.2 Å². The van der Waals surface area contributed by atoms with Crippen LogP contribution in [0.1, 0.15) is 28.4 Å². The number of benzene rings is 1. The van der Waals surface area contributed by atoms with Crippen molar-refractivity contribution in [3.8, 4) is 5.75 Å². The van der Waals surface area contributed by atoms with Gasteiger partial charge < -0.3 is 24.6 Å². The zero-order chi connectivity index (χ0) is 16.3. The highest BCUT2D eigenvalue weighted by atomic mass is 16.5. The number of rotatable bonds is 4. The van der Waals surface area contributed by atoms with Crippen LogP contribution in [0.25, 0.3) is 0 Å². The molecule has 1 aliphatic rings. The van der Waals surface area contributed by atoms with Gasteiger partial charge in [0.15, 0.2) is 0 Å². The molecular formula is C15H22BNO5. The van der Waals surface area contributed by atoms with Gasteiger partial charge in [-0.2, -0.15) is 0 Å². The lowest BCUT2D eigenvalue weighted by atomic mass is 9.96. The SMILES string of the molecule is BC1CN(C(=O)c2cc(CO)c(CO)c(OC)c2)CC(C)O1. The molecule has 0 aromatic heterocycles. The van der Waals surface area contributed by atoms with Crippen LogP contribution in [-0.4, -0.2) is 61.2 Å². The molecule has 2 N–H and O–H groups in total. The van der Waals surface area contributed by atoms with Crippen LogP contribution in [0.15, 0.2) is 12.1 Å². The van der Waals surface area contributed by atoms with Crippen molar-refractivity contribution in [3.63, 3.8) is 0 Å². The van der Waals surface area contributed by atoms with E-state index in [0.29, 0.717) is 35.5 Å². The molecular weight excluding hydrogens is 285 g/mol. The molecule has 2 rings (SSSR count). The predicted octanol–water partition coefficient (Wildman–Crippen LogP) is -0.500. The smallest absolute Gasteiger partial charge is 0.254 e. The first kappa shape index (κ1) is 16.8. The number of carbonyl (C=O) groups is 1. The normalized spacial score (nSPS) is 21.7. The summed E-state index contributed by atoms with van der Waals surface area (Å²) in [6.07, 6.45) is -0.0105. The van der Waals surface area contributed by atoms with Gasteiger partial charge in [-0.1, -0.05) is 0 Å². The van der Waals surface area contributed by atoms with Gasteiger partial charge in [-0.05, 0) is 24.6 Å². The first-order valence-electron chi connectivity index (χ1n) is 7.36. The maximum absolute atomic E-state index is 12.7. The van der Waals surface area contributed by atoms with Gasteiger partial charge in [-0.25, -0.2) is 0 Å². The molecule has 1 aliphatic heterocycles. The summed E-state index contributed by atoms with van der Waals surface area (Å²) < 4.78 is 10.9. The molecule has 1 fully saturated rings. The largest absolute Gasteiger partial charge is 0.496 e. The predicted molar refractivity (Wildman–Crippen MR) is 83.6 cm³/mol. The van der Waals surface area contributed by atoms with Gasteiger partial charge in [0.1, 0.15) is 13.6 Å². The van der Waals surface area contributed by atoms with E-state index in [-0.39, 0.29) is 31.2 Å². The zero-order valence-corrected chi connectivity index (χ0v) is 13.2. The van der Waals surface area contributed by atoms with Crippen molar-refractivity contribution in [2.24, 2.45) is 0 Å². The topological polar surface area (TPSA) is 79.2 Å². The number of methoxy groups -OCH3 is 1. The van der Waals surface area contributed by atoms with E-state index in [4.69, 9.17) is 9.47 Å². The first-order chi connectivity index (χ1) is 10.5. The van der Waals surface area contributed by atoms with Crippen LogP contribution < -0.4 is 4.74 Å². The third kappa shape index (κ3) is 3.43. The Hall–Kier alpha value is -1.57. The zero-order valence-electron chi connectivity index (χ0n) is 13.2. The van der Waals surface area contributed by atoms with Crippen LogP contribution in [0, 0.1) is 0 Å². The Bertz CT molecular complexity index is 516. The second kappa shape index (κ2) is 7.13. The Morgan fingerprint density at radius 2 is 2.14 bits per heavy atom. The number of aliphatic hydroxyl groups is 2. The molecule has 0 aliphatic carbocycles. The monoisotopic (exact) mass is 307 g/mol. The molecule has 1 heterocycles. The summed E-state index contributed by atoms with van der Waals surface area (Å²) in [5, 5.41) is 18.9. The van der Waals surface area contributed by atoms with E-state index in [1.54, 1.807) is 17.0 Å². The fraction of sp³-hybridized carbons (Fsp3) is 0.533. The lowest BCUT2D eigenvalue weighted by Gasteiger charge is -2.35. The second-order valence-electron chi connectivity index (χ2n) is 5.60. The molecule has 1 saturated heterocycles. The standard InChI is InChI=1S/C15H22BNO5/c1-9-5-17(6-14(16)22-9)15(20)10-3-11(7-18)12(8-19)13(4-10)21-2/h3-4,9,14,18-19H,5-8,16H2,1-2H3. The van der Waals surface area contributed by atoms with Gasteiger partial charge in [-0.3, -0.25) is 4.79 Å². The van der Waals surface area contributed by atoms with E-state index in [1.165, 1.54) is 7.11 Å². The third-order valence-corrected chi connectivity index (χ3v) is 3.80. The average molecular weight is 307 g/mol. The maximum Gasteiger partial charge on any atom is 0.254 e. The molecule has 0 spiro atoms. The Morgan fingerprint density at radius 3 is 2.68 bits per heavy atom. The van der Waals surface area contributed by atoms with Crippen molar-refractivity contribution in [1.82, 2.24) is 4.90 Å². The molecule has 1 aromatic rings. The minimum Gasteiger partial charge on any atom is -0.496 e. The molecule has 0 radical (unpaired) electrons. The Kier molecular flexibility index (Phi) is 5.44. The lowest BCUT2D eigenvalue weighted by Crippen LogP contribution is -2.49. The molecule has 1 amide bonds. The summed E-state index contributed by atoms with van der Waals surface area (Å²) >= 11 is 0. The third-order valence-electron chi connectivity index (χ3n) is 3.80. The first-order valence-corrected chi connectivity index (χ1v) is 7.36. The highest BCUT2D eigenvalue weighted by Crippen LogP contribution is 2.26. The van der Waals surface area contributed by atoms with Crippen LogP contribution in [0.3, 0.4) is 0 Å². The highest BCUT2D eigenvalue weighted by molar-refractivity contribution is 6.11. The molecule has 2 atom stereocenters. The molecule has 2 unspecified atom stereocenters. The highest BCUT2D eigenvalue weighted by Gasteiger charge is 2.27. The molecule has 0 bridgehead atoms. The van der Waals surface area contributed by atoms with E-state index in [2.05, 4.69) is 0 Å². The number of hydrogen-bond acceptors (Lipinski definition) is 5. The van der Waals surface area contributed by atoms with Crippen molar-refractivity contribution >= 4 is 13.8 Å². The minimum atomic E-state index is -0.261. The van der Waals surface area contributed by atoms with Crippen LogP contribution in [0.2, 0.25) is 0 Å². The molecule has 7 heteroatoms. The lowest BCUT2D eigenvalue weighted by molar-refractivity contribution is -0.0319. The van der Waals surface area contributed by atoms with E-state index < -0.39 is 0 Å². The van der Waals surface area contributed by atoms with Gasteiger partial charge in [-0.15, -0.1) is 0 Å². The summed E-state index contributed by atoms with van der Waals surface area (Å²) in [5.74, 6) is 0.284. The number of hydrogen-bond donors (Lipinski definition) is 2. The fourth-order valence-corrected chi connectivity index (χ4v) is 2.86. The second-order valence-corrected chi connectivity index (χ2v) is 5.60. The Labute approximate surface area is 131 Å². The summed E-state index contributed by atoms with van der Waals surface area (Å²) in [5.41, 5.74) is 1.45. The molecule has 120 valence electrons. The Balaban J connectivity index is 2.33. The average Bonchev–Trinajstić information content (AvgIpc) is 2.51. The summed E-state index contributed by atoms with van der Waals surface area (Å²) in [6.45, 7) is 2.48. The quantitative estimate of drug-likeness (QED) is 0.733. The number of carbonyl (C=O) groups excluding carboxylic acids is 1. The van der Waals surface area contributed by atoms with E-state index in [9.17, 15) is 15.0 Å². The minimum absolute atomic E-state index is 0.0105. The molecule has 22 heavy (non-hydrogen) atoms. The molecule has 1 aromatic carbocycles. The summed E-state index contributed by atoms with van der Waals surface area (Å²) in [6, 6.07) is 3.21. The van der Waals surface area contributed by atoms with Crippen LogP contribution in [0.5, 0.6) is 5.75 Å². The van der Waals surface area contributed by atoms with E-state index >= 15 is 0 Å². The number of aliphatic hydroxyl groups excluding tert-OH is 2. The van der Waals surface area contributed by atoms with Gasteiger partial charge in [0.05, 0.1) is 26.4 Å². The maximum atomic E-state index is 12.7. The molecule has 6 nitrogen and oxygen atoms in total. The van der Waals surface area contributed by atoms with E-state index in [1.807, 2.05) is 14.8 Å². The summed E-state index contributed by atoms with van der Waals surface area (Å²) in [7, 11) is 3.41.